The van der Waals surface area contributed by atoms with E-state index in [9.17, 15) is 0 Å². The van der Waals surface area contributed by atoms with Crippen molar-refractivity contribution in [1.82, 2.24) is 0 Å². The minimum atomic E-state index is -1.19. The molecule has 2 heterocycles. The molecule has 0 radical (unpaired) electrons. The molecule has 0 aromatic rings. The maximum atomic E-state index is 2.44. The van der Waals surface area contributed by atoms with Gasteiger partial charge in [-0.2, -0.15) is 0 Å². The zero-order valence-corrected chi connectivity index (χ0v) is 14.8. The summed E-state index contributed by atoms with van der Waals surface area (Å²) >= 11 is 3.09. The first-order valence-electron chi connectivity index (χ1n) is 4.49. The quantitative estimate of drug-likeness (QED) is 0.677. The second-order valence-electron chi connectivity index (χ2n) is 2.94. The van der Waals surface area contributed by atoms with E-state index in [-0.39, 0.29) is 0 Å². The van der Waals surface area contributed by atoms with Crippen LogP contribution in [0.3, 0.4) is 0 Å². The second kappa shape index (κ2) is 6.99. The molecule has 0 bridgehead atoms. The van der Waals surface area contributed by atoms with Gasteiger partial charge in [0.1, 0.15) is 0 Å². The molecular weight excluding hydrogens is 363 g/mol. The SMILES string of the molecule is C1C[S][SnH]([S]C2CSC2)[S]CCS1. The number of hydrogen-bond acceptors (Lipinski definition) is 5. The van der Waals surface area contributed by atoms with Gasteiger partial charge in [-0.1, -0.05) is 0 Å². The van der Waals surface area contributed by atoms with Gasteiger partial charge in [0.15, 0.2) is 0 Å². The molecule has 0 aliphatic carbocycles. The van der Waals surface area contributed by atoms with Gasteiger partial charge in [-0.15, -0.1) is 0 Å². The van der Waals surface area contributed by atoms with Gasteiger partial charge in [-0.25, -0.2) is 0 Å². The average Bonchev–Trinajstić information content (AvgIpc) is 1.99. The Balaban J connectivity index is 1.68. The van der Waals surface area contributed by atoms with Crippen molar-refractivity contribution in [3.63, 3.8) is 0 Å². The Morgan fingerprint density at radius 1 is 0.923 bits per heavy atom. The normalized spacial score (nSPS) is 27.7. The van der Waals surface area contributed by atoms with Gasteiger partial charge in [-0.05, 0) is 0 Å². The minimum absolute atomic E-state index is 1.07. The molecule has 2 aliphatic rings. The van der Waals surface area contributed by atoms with Crippen LogP contribution in [0.25, 0.3) is 0 Å². The molecule has 0 atom stereocenters. The van der Waals surface area contributed by atoms with Gasteiger partial charge >= 0.3 is 106 Å². The van der Waals surface area contributed by atoms with E-state index in [1.165, 1.54) is 34.5 Å². The summed E-state index contributed by atoms with van der Waals surface area (Å²) < 4.78 is 0. The van der Waals surface area contributed by atoms with Gasteiger partial charge in [0, 0.05) is 0 Å². The molecule has 2 aliphatic heterocycles. The summed E-state index contributed by atoms with van der Waals surface area (Å²) in [5.41, 5.74) is 0. The van der Waals surface area contributed by atoms with E-state index in [1.54, 1.807) is 0 Å². The summed E-state index contributed by atoms with van der Waals surface area (Å²) in [6, 6.07) is 0. The predicted molar refractivity (Wildman–Crippen MR) is 78.1 cm³/mol. The fraction of sp³-hybridized carbons (Fsp3) is 1.00. The number of hydrogen-bond donors (Lipinski definition) is 0. The molecule has 13 heavy (non-hydrogen) atoms. The van der Waals surface area contributed by atoms with E-state index < -0.39 is 15.6 Å². The van der Waals surface area contributed by atoms with Crippen LogP contribution in [0.4, 0.5) is 0 Å². The van der Waals surface area contributed by atoms with Gasteiger partial charge in [0.25, 0.3) is 0 Å². The summed E-state index contributed by atoms with van der Waals surface area (Å²) in [4.78, 5) is 0. The number of rotatable bonds is 2. The third-order valence-corrected chi connectivity index (χ3v) is 36.8. The topological polar surface area (TPSA) is 0 Å². The third-order valence-electron chi connectivity index (χ3n) is 1.87. The fourth-order valence-electron chi connectivity index (χ4n) is 1.09. The van der Waals surface area contributed by atoms with Gasteiger partial charge < -0.3 is 0 Å². The van der Waals surface area contributed by atoms with Crippen molar-refractivity contribution in [2.75, 3.05) is 34.5 Å². The Labute approximate surface area is 104 Å². The van der Waals surface area contributed by atoms with Crippen LogP contribution in [0.5, 0.6) is 0 Å². The first-order chi connectivity index (χ1) is 6.45. The van der Waals surface area contributed by atoms with Crippen LogP contribution >= 0.6 is 50.4 Å². The van der Waals surface area contributed by atoms with Crippen molar-refractivity contribution in [2.45, 2.75) is 5.25 Å². The Kier molecular flexibility index (Phi) is 6.46. The molecule has 0 amide bonds. The molecular formula is C7H14S5Sn. The zero-order chi connectivity index (χ0) is 8.93. The maximum absolute atomic E-state index is 2.44. The molecule has 0 spiro atoms. The summed E-state index contributed by atoms with van der Waals surface area (Å²) in [5.74, 6) is 8.63. The van der Waals surface area contributed by atoms with E-state index in [2.05, 4.69) is 50.4 Å². The van der Waals surface area contributed by atoms with Crippen molar-refractivity contribution in [3.8, 4) is 0 Å². The third kappa shape index (κ3) is 4.51. The predicted octanol–water partition coefficient (Wildman–Crippen LogP) is 2.77. The Morgan fingerprint density at radius 3 is 2.15 bits per heavy atom. The van der Waals surface area contributed by atoms with Crippen molar-refractivity contribution >= 4 is 66.0 Å². The van der Waals surface area contributed by atoms with Gasteiger partial charge in [0.2, 0.25) is 0 Å². The van der Waals surface area contributed by atoms with Crippen molar-refractivity contribution < 1.29 is 0 Å². The molecule has 2 saturated heterocycles. The van der Waals surface area contributed by atoms with Crippen LogP contribution in [-0.2, 0) is 0 Å². The Bertz CT molecular complexity index is 144. The van der Waals surface area contributed by atoms with Gasteiger partial charge in [-0.3, -0.25) is 0 Å². The summed E-state index contributed by atoms with van der Waals surface area (Å²) in [7, 11) is 7.20. The van der Waals surface area contributed by atoms with E-state index >= 15 is 0 Å². The molecule has 2 rings (SSSR count). The van der Waals surface area contributed by atoms with Crippen LogP contribution in [0.1, 0.15) is 0 Å². The van der Waals surface area contributed by atoms with Crippen LogP contribution in [0.15, 0.2) is 0 Å². The molecule has 76 valence electrons. The average molecular weight is 377 g/mol. The summed E-state index contributed by atoms with van der Waals surface area (Å²) in [6.07, 6.45) is 0. The van der Waals surface area contributed by atoms with E-state index in [0.717, 1.165) is 5.25 Å². The molecule has 0 N–H and O–H groups in total. The van der Waals surface area contributed by atoms with E-state index in [1.807, 2.05) is 0 Å². The van der Waals surface area contributed by atoms with Crippen LogP contribution in [-0.4, -0.2) is 55.4 Å². The standard InChI is InChI=1S/C4H10S3.C3H6S2.Sn.H/c5-1-3-7-4-2-6;4-3-1-5-2-3;;/h5-6H,1-4H2;3-4H,1-2H2;;/q;;+3;/p-3. The molecule has 0 aromatic heterocycles. The van der Waals surface area contributed by atoms with Crippen molar-refractivity contribution in [2.24, 2.45) is 0 Å². The zero-order valence-electron chi connectivity index (χ0n) is 7.44. The van der Waals surface area contributed by atoms with Crippen molar-refractivity contribution in [1.29, 1.82) is 0 Å². The Hall–Kier alpha value is 2.55. The van der Waals surface area contributed by atoms with Crippen LogP contribution < -0.4 is 0 Å². The molecule has 0 unspecified atom stereocenters. The molecule has 0 saturated carbocycles. The summed E-state index contributed by atoms with van der Waals surface area (Å²) in [5, 5.41) is 1.07. The molecule has 0 aromatic carbocycles. The first-order valence-corrected chi connectivity index (χ1v) is 22.0. The van der Waals surface area contributed by atoms with Crippen molar-refractivity contribution in [3.05, 3.63) is 0 Å². The van der Waals surface area contributed by atoms with E-state index in [0.29, 0.717) is 0 Å². The van der Waals surface area contributed by atoms with E-state index in [4.69, 9.17) is 0 Å². The molecule has 2 fully saturated rings. The second-order valence-corrected chi connectivity index (χ2v) is 32.8. The van der Waals surface area contributed by atoms with Gasteiger partial charge in [0.05, 0.1) is 0 Å². The summed E-state index contributed by atoms with van der Waals surface area (Å²) in [6.45, 7) is 0. The molecule has 6 heteroatoms. The van der Waals surface area contributed by atoms with Crippen LogP contribution in [0.2, 0.25) is 0 Å². The molecule has 0 nitrogen and oxygen atoms in total. The fourth-order valence-corrected chi connectivity index (χ4v) is 41.9. The van der Waals surface area contributed by atoms with Crippen LogP contribution in [0, 0.1) is 0 Å². The Morgan fingerprint density at radius 2 is 1.62 bits per heavy atom. The monoisotopic (exact) mass is 378 g/mol. The number of thioether (sulfide) groups is 2. The first kappa shape index (κ1) is 12.0.